The first-order chi connectivity index (χ1) is 8.25. The molecule has 0 bridgehead atoms. The highest BCUT2D eigenvalue weighted by Gasteiger charge is 2.24. The van der Waals surface area contributed by atoms with Crippen molar-refractivity contribution >= 4 is 0 Å². The Balaban J connectivity index is 1.72. The predicted molar refractivity (Wildman–Crippen MR) is 72.0 cm³/mol. The van der Waals surface area contributed by atoms with Crippen LogP contribution in [0.4, 0.5) is 0 Å². The van der Waals surface area contributed by atoms with Crippen molar-refractivity contribution in [2.75, 3.05) is 6.54 Å². The van der Waals surface area contributed by atoms with Gasteiger partial charge >= 0.3 is 0 Å². The van der Waals surface area contributed by atoms with E-state index in [0.717, 1.165) is 24.8 Å². The van der Waals surface area contributed by atoms with Crippen LogP contribution in [0.15, 0.2) is 0 Å². The van der Waals surface area contributed by atoms with Crippen LogP contribution in [-0.4, -0.2) is 23.8 Å². The van der Waals surface area contributed by atoms with Crippen molar-refractivity contribution in [1.29, 1.82) is 0 Å². The second-order valence-electron chi connectivity index (χ2n) is 6.36. The van der Waals surface area contributed by atoms with Crippen molar-refractivity contribution in [1.82, 2.24) is 5.32 Å². The lowest BCUT2D eigenvalue weighted by Crippen LogP contribution is -2.42. The van der Waals surface area contributed by atoms with Gasteiger partial charge in [0.2, 0.25) is 0 Å². The molecular weight excluding hydrogens is 210 g/mol. The SMILES string of the molecule is CC1CCCC(CNC2CCCCCC2O)C1. The molecule has 0 aromatic carbocycles. The molecular formula is C15H29NO. The summed E-state index contributed by atoms with van der Waals surface area (Å²) >= 11 is 0. The van der Waals surface area contributed by atoms with Crippen molar-refractivity contribution in [3.63, 3.8) is 0 Å². The molecule has 0 aliphatic heterocycles. The summed E-state index contributed by atoms with van der Waals surface area (Å²) in [7, 11) is 0. The molecule has 2 aliphatic rings. The molecule has 0 spiro atoms. The summed E-state index contributed by atoms with van der Waals surface area (Å²) < 4.78 is 0. The first kappa shape index (κ1) is 13.4. The van der Waals surface area contributed by atoms with Crippen LogP contribution >= 0.6 is 0 Å². The zero-order valence-corrected chi connectivity index (χ0v) is 11.3. The van der Waals surface area contributed by atoms with E-state index in [-0.39, 0.29) is 6.10 Å². The standard InChI is InChI=1S/C15H29NO/c1-12-6-5-7-13(10-12)11-16-14-8-3-2-4-9-15(14)17/h12-17H,2-11H2,1H3. The molecule has 0 aromatic heterocycles. The largest absolute Gasteiger partial charge is 0.392 e. The number of nitrogens with one attached hydrogen (secondary N) is 1. The van der Waals surface area contributed by atoms with Gasteiger partial charge in [-0.1, -0.05) is 39.0 Å². The molecule has 0 amide bonds. The van der Waals surface area contributed by atoms with Gasteiger partial charge in [0.25, 0.3) is 0 Å². The number of hydrogen-bond acceptors (Lipinski definition) is 2. The Labute approximate surface area is 106 Å². The van der Waals surface area contributed by atoms with Gasteiger partial charge in [-0.2, -0.15) is 0 Å². The summed E-state index contributed by atoms with van der Waals surface area (Å²) in [5, 5.41) is 13.7. The van der Waals surface area contributed by atoms with Crippen molar-refractivity contribution in [2.45, 2.75) is 76.9 Å². The van der Waals surface area contributed by atoms with Gasteiger partial charge in [0, 0.05) is 6.04 Å². The maximum Gasteiger partial charge on any atom is 0.0693 e. The highest BCUT2D eigenvalue weighted by molar-refractivity contribution is 4.81. The Morgan fingerprint density at radius 2 is 1.82 bits per heavy atom. The van der Waals surface area contributed by atoms with Crippen LogP contribution in [0.25, 0.3) is 0 Å². The topological polar surface area (TPSA) is 32.3 Å². The number of hydrogen-bond donors (Lipinski definition) is 2. The number of rotatable bonds is 3. The summed E-state index contributed by atoms with van der Waals surface area (Å²) in [6, 6.07) is 0.370. The van der Waals surface area contributed by atoms with Crippen LogP contribution in [-0.2, 0) is 0 Å². The minimum Gasteiger partial charge on any atom is -0.392 e. The molecule has 2 aliphatic carbocycles. The van der Waals surface area contributed by atoms with Crippen LogP contribution in [0.3, 0.4) is 0 Å². The van der Waals surface area contributed by atoms with E-state index in [0.29, 0.717) is 6.04 Å². The lowest BCUT2D eigenvalue weighted by Gasteiger charge is -2.30. The van der Waals surface area contributed by atoms with Crippen LogP contribution < -0.4 is 5.32 Å². The summed E-state index contributed by atoms with van der Waals surface area (Å²) in [5.41, 5.74) is 0. The molecule has 2 fully saturated rings. The Morgan fingerprint density at radius 3 is 2.65 bits per heavy atom. The average Bonchev–Trinajstić information content (AvgIpc) is 2.52. The second-order valence-corrected chi connectivity index (χ2v) is 6.36. The smallest absolute Gasteiger partial charge is 0.0693 e. The van der Waals surface area contributed by atoms with Crippen molar-refractivity contribution < 1.29 is 5.11 Å². The molecule has 0 aromatic rings. The van der Waals surface area contributed by atoms with E-state index in [1.165, 1.54) is 51.4 Å². The van der Waals surface area contributed by atoms with Gasteiger partial charge in [0.15, 0.2) is 0 Å². The summed E-state index contributed by atoms with van der Waals surface area (Å²) in [5.74, 6) is 1.77. The molecule has 0 radical (unpaired) electrons. The van der Waals surface area contributed by atoms with Crippen molar-refractivity contribution in [3.05, 3.63) is 0 Å². The first-order valence-electron chi connectivity index (χ1n) is 7.67. The third-order valence-electron chi connectivity index (χ3n) is 4.69. The Hall–Kier alpha value is -0.0800. The number of aliphatic hydroxyl groups excluding tert-OH is 1. The predicted octanol–water partition coefficient (Wildman–Crippen LogP) is 3.10. The maximum atomic E-state index is 10.1. The average molecular weight is 239 g/mol. The Morgan fingerprint density at radius 1 is 1.00 bits per heavy atom. The zero-order chi connectivity index (χ0) is 12.1. The molecule has 2 nitrogen and oxygen atoms in total. The Kier molecular flexibility index (Phi) is 5.30. The van der Waals surface area contributed by atoms with Crippen molar-refractivity contribution in [2.24, 2.45) is 11.8 Å². The highest BCUT2D eigenvalue weighted by atomic mass is 16.3. The monoisotopic (exact) mass is 239 g/mol. The molecule has 4 atom stereocenters. The Bertz CT molecular complexity index is 219. The summed E-state index contributed by atoms with van der Waals surface area (Å²) in [4.78, 5) is 0. The third kappa shape index (κ3) is 4.26. The van der Waals surface area contributed by atoms with Crippen LogP contribution in [0.2, 0.25) is 0 Å². The molecule has 17 heavy (non-hydrogen) atoms. The molecule has 2 heteroatoms. The van der Waals surface area contributed by atoms with E-state index in [9.17, 15) is 5.11 Å². The lowest BCUT2D eigenvalue weighted by atomic mass is 9.82. The first-order valence-corrected chi connectivity index (χ1v) is 7.67. The van der Waals surface area contributed by atoms with E-state index in [2.05, 4.69) is 12.2 Å². The third-order valence-corrected chi connectivity index (χ3v) is 4.69. The van der Waals surface area contributed by atoms with Gasteiger partial charge < -0.3 is 10.4 Å². The van der Waals surface area contributed by atoms with Gasteiger partial charge in [-0.05, 0) is 44.1 Å². The van der Waals surface area contributed by atoms with E-state index in [4.69, 9.17) is 0 Å². The van der Waals surface area contributed by atoms with Crippen molar-refractivity contribution in [3.8, 4) is 0 Å². The van der Waals surface area contributed by atoms with Gasteiger partial charge in [-0.3, -0.25) is 0 Å². The van der Waals surface area contributed by atoms with E-state index in [1.807, 2.05) is 0 Å². The van der Waals surface area contributed by atoms with E-state index < -0.39 is 0 Å². The van der Waals surface area contributed by atoms with E-state index >= 15 is 0 Å². The number of aliphatic hydroxyl groups is 1. The zero-order valence-electron chi connectivity index (χ0n) is 11.3. The van der Waals surface area contributed by atoms with Crippen LogP contribution in [0.1, 0.15) is 64.7 Å². The maximum absolute atomic E-state index is 10.1. The molecule has 2 rings (SSSR count). The molecule has 0 heterocycles. The summed E-state index contributed by atoms with van der Waals surface area (Å²) in [6.45, 7) is 3.51. The van der Waals surface area contributed by atoms with Crippen LogP contribution in [0, 0.1) is 11.8 Å². The fourth-order valence-electron chi connectivity index (χ4n) is 3.59. The van der Waals surface area contributed by atoms with Gasteiger partial charge in [-0.25, -0.2) is 0 Å². The second kappa shape index (κ2) is 6.75. The minimum atomic E-state index is -0.0986. The minimum absolute atomic E-state index is 0.0986. The van der Waals surface area contributed by atoms with Crippen LogP contribution in [0.5, 0.6) is 0 Å². The molecule has 2 saturated carbocycles. The lowest BCUT2D eigenvalue weighted by molar-refractivity contribution is 0.115. The fourth-order valence-corrected chi connectivity index (χ4v) is 3.59. The molecule has 0 saturated heterocycles. The molecule has 2 N–H and O–H groups in total. The van der Waals surface area contributed by atoms with Gasteiger partial charge in [0.1, 0.15) is 0 Å². The molecule has 4 unspecified atom stereocenters. The van der Waals surface area contributed by atoms with E-state index in [1.54, 1.807) is 0 Å². The fraction of sp³-hybridized carbons (Fsp3) is 1.00. The van der Waals surface area contributed by atoms with Gasteiger partial charge in [0.05, 0.1) is 6.10 Å². The molecule has 100 valence electrons. The normalized spacial score (nSPS) is 39.9. The van der Waals surface area contributed by atoms with Gasteiger partial charge in [-0.15, -0.1) is 0 Å². The summed E-state index contributed by atoms with van der Waals surface area (Å²) in [6.07, 6.45) is 11.5. The highest BCUT2D eigenvalue weighted by Crippen LogP contribution is 2.28. The quantitative estimate of drug-likeness (QED) is 0.742.